The quantitative estimate of drug-likeness (QED) is 0.714. The summed E-state index contributed by atoms with van der Waals surface area (Å²) in [7, 11) is 0. The zero-order valence-electron chi connectivity index (χ0n) is 11.8. The van der Waals surface area contributed by atoms with Gasteiger partial charge in [-0.05, 0) is 50.8 Å². The number of hydrogen-bond donors (Lipinski definition) is 3. The normalized spacial score (nSPS) is 16.5. The molecule has 4 N–H and O–H groups in total. The van der Waals surface area contributed by atoms with E-state index in [1.807, 2.05) is 13.0 Å². The maximum Gasteiger partial charge on any atom is 0.253 e. The lowest BCUT2D eigenvalue weighted by Gasteiger charge is -2.43. The molecule has 1 aliphatic carbocycles. The van der Waals surface area contributed by atoms with Gasteiger partial charge in [-0.25, -0.2) is 0 Å². The molecule has 1 aliphatic rings. The van der Waals surface area contributed by atoms with Gasteiger partial charge in [0, 0.05) is 23.5 Å². The van der Waals surface area contributed by atoms with Crippen LogP contribution in [0.2, 0.25) is 0 Å². The minimum Gasteiger partial charge on any atom is -0.399 e. The fourth-order valence-corrected chi connectivity index (χ4v) is 2.58. The summed E-state index contributed by atoms with van der Waals surface area (Å²) < 4.78 is 0. The Kier molecular flexibility index (Phi) is 3.98. The second kappa shape index (κ2) is 5.51. The summed E-state index contributed by atoms with van der Waals surface area (Å²) >= 11 is 0. The summed E-state index contributed by atoms with van der Waals surface area (Å²) in [6, 6.07) is 5.43. The van der Waals surface area contributed by atoms with Crippen LogP contribution in [0.1, 0.15) is 49.9 Å². The van der Waals surface area contributed by atoms with Gasteiger partial charge in [-0.2, -0.15) is 0 Å². The Hall–Kier alpha value is -1.71. The van der Waals surface area contributed by atoms with Crippen LogP contribution >= 0.6 is 0 Å². The molecule has 0 atom stereocenters. The first-order valence-electron chi connectivity index (χ1n) is 7.06. The molecule has 19 heavy (non-hydrogen) atoms. The second-order valence-electron chi connectivity index (χ2n) is 5.28. The maximum absolute atomic E-state index is 12.1. The number of anilines is 2. The van der Waals surface area contributed by atoms with Crippen molar-refractivity contribution in [3.63, 3.8) is 0 Å². The van der Waals surface area contributed by atoms with Crippen LogP contribution in [0, 0.1) is 0 Å². The van der Waals surface area contributed by atoms with Crippen LogP contribution in [0.5, 0.6) is 0 Å². The highest BCUT2D eigenvalue weighted by Gasteiger charge is 2.35. The zero-order chi connectivity index (χ0) is 13.9. The predicted molar refractivity (Wildman–Crippen MR) is 79.4 cm³/mol. The summed E-state index contributed by atoms with van der Waals surface area (Å²) in [6.07, 6.45) is 4.64. The van der Waals surface area contributed by atoms with Crippen molar-refractivity contribution in [3.8, 4) is 0 Å². The van der Waals surface area contributed by atoms with E-state index in [0.717, 1.165) is 24.9 Å². The molecule has 4 nitrogen and oxygen atoms in total. The van der Waals surface area contributed by atoms with Crippen LogP contribution in [0.15, 0.2) is 18.2 Å². The first-order valence-corrected chi connectivity index (χ1v) is 7.06. The third-order valence-corrected chi connectivity index (χ3v) is 4.01. The number of hydrogen-bond acceptors (Lipinski definition) is 3. The molecule has 1 saturated carbocycles. The minimum atomic E-state index is -0.0458. The van der Waals surface area contributed by atoms with Gasteiger partial charge in [0.1, 0.15) is 0 Å². The lowest BCUT2D eigenvalue weighted by atomic mass is 9.74. The highest BCUT2D eigenvalue weighted by Crippen LogP contribution is 2.39. The van der Waals surface area contributed by atoms with E-state index in [2.05, 4.69) is 17.6 Å². The Morgan fingerprint density at radius 1 is 1.37 bits per heavy atom. The fraction of sp³-hybridized carbons (Fsp3) is 0.533. The van der Waals surface area contributed by atoms with Crippen molar-refractivity contribution in [1.29, 1.82) is 0 Å². The standard InChI is InChI=1S/C15H23N3O/c1-3-15(8-5-9-15)18-13-10-11(16)6-7-12(13)14(19)17-4-2/h6-7,10,18H,3-5,8-9,16H2,1-2H3,(H,17,19). The molecule has 1 aromatic rings. The maximum atomic E-state index is 12.1. The summed E-state index contributed by atoms with van der Waals surface area (Å²) in [6.45, 7) is 4.73. The van der Waals surface area contributed by atoms with Gasteiger partial charge >= 0.3 is 0 Å². The molecule has 4 heteroatoms. The Morgan fingerprint density at radius 3 is 2.63 bits per heavy atom. The van der Waals surface area contributed by atoms with E-state index in [-0.39, 0.29) is 11.4 Å². The summed E-state index contributed by atoms with van der Waals surface area (Å²) in [5.74, 6) is -0.0458. The molecule has 1 amide bonds. The largest absolute Gasteiger partial charge is 0.399 e. The highest BCUT2D eigenvalue weighted by molar-refractivity contribution is 6.00. The number of nitrogens with two attached hydrogens (primary N) is 1. The second-order valence-corrected chi connectivity index (χ2v) is 5.28. The minimum absolute atomic E-state index is 0.0458. The van der Waals surface area contributed by atoms with Gasteiger partial charge in [0.2, 0.25) is 0 Å². The highest BCUT2D eigenvalue weighted by atomic mass is 16.1. The van der Waals surface area contributed by atoms with Crippen LogP contribution in [-0.2, 0) is 0 Å². The zero-order valence-corrected chi connectivity index (χ0v) is 11.8. The van der Waals surface area contributed by atoms with E-state index in [4.69, 9.17) is 5.73 Å². The Labute approximate surface area is 114 Å². The average molecular weight is 261 g/mol. The predicted octanol–water partition coefficient (Wildman–Crippen LogP) is 2.76. The molecular formula is C15H23N3O. The number of benzene rings is 1. The molecule has 0 aliphatic heterocycles. The van der Waals surface area contributed by atoms with Crippen LogP contribution in [0.25, 0.3) is 0 Å². The van der Waals surface area contributed by atoms with E-state index < -0.39 is 0 Å². The van der Waals surface area contributed by atoms with Crippen LogP contribution < -0.4 is 16.4 Å². The molecule has 1 aromatic carbocycles. The third kappa shape index (κ3) is 2.83. The van der Waals surface area contributed by atoms with Gasteiger partial charge in [-0.3, -0.25) is 4.79 Å². The van der Waals surface area contributed by atoms with Crippen molar-refractivity contribution in [2.24, 2.45) is 0 Å². The van der Waals surface area contributed by atoms with Crippen molar-refractivity contribution in [3.05, 3.63) is 23.8 Å². The molecule has 0 heterocycles. The molecule has 104 valence electrons. The first-order chi connectivity index (χ1) is 9.10. The number of amides is 1. The molecule has 0 unspecified atom stereocenters. The number of rotatable bonds is 5. The van der Waals surface area contributed by atoms with Crippen molar-refractivity contribution in [1.82, 2.24) is 5.32 Å². The number of carbonyl (C=O) groups excluding carboxylic acids is 1. The topological polar surface area (TPSA) is 67.2 Å². The third-order valence-electron chi connectivity index (χ3n) is 4.01. The van der Waals surface area contributed by atoms with E-state index in [0.29, 0.717) is 17.8 Å². The summed E-state index contributed by atoms with van der Waals surface area (Å²) in [5.41, 5.74) is 8.21. The van der Waals surface area contributed by atoms with E-state index in [9.17, 15) is 4.79 Å². The molecule has 1 fully saturated rings. The summed E-state index contributed by atoms with van der Waals surface area (Å²) in [4.78, 5) is 12.1. The molecular weight excluding hydrogens is 238 g/mol. The first kappa shape index (κ1) is 13.7. The van der Waals surface area contributed by atoms with E-state index in [1.165, 1.54) is 6.42 Å². The number of nitrogen functional groups attached to an aromatic ring is 1. The van der Waals surface area contributed by atoms with Gasteiger partial charge in [-0.1, -0.05) is 6.92 Å². The number of nitrogens with one attached hydrogen (secondary N) is 2. The lowest BCUT2D eigenvalue weighted by molar-refractivity contribution is 0.0956. The SMILES string of the molecule is CCNC(=O)c1ccc(N)cc1NC1(CC)CCC1. The van der Waals surface area contributed by atoms with Gasteiger partial charge in [-0.15, -0.1) is 0 Å². The Bertz CT molecular complexity index is 461. The Morgan fingerprint density at radius 2 is 2.11 bits per heavy atom. The Balaban J connectivity index is 2.27. The van der Waals surface area contributed by atoms with Gasteiger partial charge in [0.05, 0.1) is 5.56 Å². The average Bonchev–Trinajstić information content (AvgIpc) is 2.34. The molecule has 0 spiro atoms. The summed E-state index contributed by atoms with van der Waals surface area (Å²) in [5, 5.41) is 6.39. The molecule has 0 saturated heterocycles. The smallest absolute Gasteiger partial charge is 0.253 e. The fourth-order valence-electron chi connectivity index (χ4n) is 2.58. The molecule has 0 radical (unpaired) electrons. The van der Waals surface area contributed by atoms with Crippen molar-refractivity contribution < 1.29 is 4.79 Å². The molecule has 2 rings (SSSR count). The lowest BCUT2D eigenvalue weighted by Crippen LogP contribution is -2.44. The van der Waals surface area contributed by atoms with Crippen molar-refractivity contribution in [2.75, 3.05) is 17.6 Å². The van der Waals surface area contributed by atoms with Crippen molar-refractivity contribution >= 4 is 17.3 Å². The van der Waals surface area contributed by atoms with E-state index in [1.54, 1.807) is 12.1 Å². The van der Waals surface area contributed by atoms with Crippen LogP contribution in [-0.4, -0.2) is 18.0 Å². The number of carbonyl (C=O) groups is 1. The monoisotopic (exact) mass is 261 g/mol. The molecule has 0 aromatic heterocycles. The van der Waals surface area contributed by atoms with Crippen LogP contribution in [0.3, 0.4) is 0 Å². The molecule has 0 bridgehead atoms. The van der Waals surface area contributed by atoms with Gasteiger partial charge in [0.15, 0.2) is 0 Å². The van der Waals surface area contributed by atoms with E-state index >= 15 is 0 Å². The van der Waals surface area contributed by atoms with Crippen LogP contribution in [0.4, 0.5) is 11.4 Å². The van der Waals surface area contributed by atoms with Crippen molar-refractivity contribution in [2.45, 2.75) is 45.1 Å². The van der Waals surface area contributed by atoms with Gasteiger partial charge < -0.3 is 16.4 Å². The van der Waals surface area contributed by atoms with Gasteiger partial charge in [0.25, 0.3) is 5.91 Å².